The maximum absolute atomic E-state index is 12.7. The number of rotatable bonds is 8. The summed E-state index contributed by atoms with van der Waals surface area (Å²) in [5, 5.41) is 2.97. The van der Waals surface area contributed by atoms with E-state index in [4.69, 9.17) is 0 Å². The third kappa shape index (κ3) is 5.24. The molecule has 1 aromatic carbocycles. The van der Waals surface area contributed by atoms with Crippen molar-refractivity contribution < 1.29 is 4.79 Å². The van der Waals surface area contributed by atoms with Crippen molar-refractivity contribution >= 4 is 5.91 Å². The molecule has 2 heterocycles. The van der Waals surface area contributed by atoms with Gasteiger partial charge in [0.25, 0.3) is 5.91 Å². The summed E-state index contributed by atoms with van der Waals surface area (Å²) in [5.74, 6) is -0.144. The summed E-state index contributed by atoms with van der Waals surface area (Å²) >= 11 is 0. The quantitative estimate of drug-likeness (QED) is 0.625. The average Bonchev–Trinajstić information content (AvgIpc) is 3.18. The Bertz CT molecular complexity index is 874. The van der Waals surface area contributed by atoms with Crippen LogP contribution in [0.2, 0.25) is 0 Å². The maximum Gasteiger partial charge on any atom is 0.270 e. The zero-order valence-corrected chi connectivity index (χ0v) is 15.8. The number of hydrogen-bond acceptors (Lipinski definition) is 4. The van der Waals surface area contributed by atoms with Gasteiger partial charge in [0.05, 0.1) is 6.33 Å². The SMILES string of the molecule is CN(C)Cc1cccc(-c2cccnc2C(=O)NCCCn2ccnc2)c1. The van der Waals surface area contributed by atoms with Crippen molar-refractivity contribution in [3.05, 3.63) is 72.6 Å². The van der Waals surface area contributed by atoms with E-state index in [1.165, 1.54) is 5.56 Å². The number of hydrogen-bond donors (Lipinski definition) is 1. The van der Waals surface area contributed by atoms with Gasteiger partial charge in [-0.1, -0.05) is 24.3 Å². The standard InChI is InChI=1S/C21H25N5O/c1-25(2)15-17-6-3-7-18(14-17)19-8-4-9-23-20(19)21(27)24-10-5-12-26-13-11-22-16-26/h3-4,6-9,11,13-14,16H,5,10,12,15H2,1-2H3,(H,24,27). The highest BCUT2D eigenvalue weighted by atomic mass is 16.1. The number of nitrogens with zero attached hydrogens (tertiary/aromatic N) is 4. The molecule has 0 aliphatic rings. The van der Waals surface area contributed by atoms with Crippen LogP contribution in [0.4, 0.5) is 0 Å². The van der Waals surface area contributed by atoms with Crippen LogP contribution < -0.4 is 5.32 Å². The van der Waals surface area contributed by atoms with Gasteiger partial charge in [0.2, 0.25) is 0 Å². The van der Waals surface area contributed by atoms with Crippen LogP contribution in [-0.2, 0) is 13.1 Å². The summed E-state index contributed by atoms with van der Waals surface area (Å²) in [6.45, 7) is 2.26. The third-order valence-electron chi connectivity index (χ3n) is 4.20. The van der Waals surface area contributed by atoms with Crippen LogP contribution >= 0.6 is 0 Å². The Balaban J connectivity index is 1.68. The number of aromatic nitrogens is 3. The van der Waals surface area contributed by atoms with Crippen molar-refractivity contribution in [1.29, 1.82) is 0 Å². The Morgan fingerprint density at radius 1 is 1.19 bits per heavy atom. The van der Waals surface area contributed by atoms with E-state index in [1.807, 2.05) is 49.1 Å². The van der Waals surface area contributed by atoms with Gasteiger partial charge in [0, 0.05) is 43.8 Å². The molecule has 0 aliphatic carbocycles. The second-order valence-electron chi connectivity index (χ2n) is 6.75. The lowest BCUT2D eigenvalue weighted by molar-refractivity contribution is 0.0948. The smallest absolute Gasteiger partial charge is 0.270 e. The van der Waals surface area contributed by atoms with E-state index in [2.05, 4.69) is 32.3 Å². The van der Waals surface area contributed by atoms with Crippen molar-refractivity contribution in [1.82, 2.24) is 24.8 Å². The van der Waals surface area contributed by atoms with E-state index in [0.717, 1.165) is 30.6 Å². The molecule has 0 unspecified atom stereocenters. The normalized spacial score (nSPS) is 10.9. The first kappa shape index (κ1) is 18.8. The minimum atomic E-state index is -0.144. The first-order valence-electron chi connectivity index (χ1n) is 9.06. The fourth-order valence-corrected chi connectivity index (χ4v) is 2.99. The van der Waals surface area contributed by atoms with E-state index in [1.54, 1.807) is 18.7 Å². The second kappa shape index (κ2) is 9.09. The third-order valence-corrected chi connectivity index (χ3v) is 4.20. The largest absolute Gasteiger partial charge is 0.351 e. The first-order chi connectivity index (χ1) is 13.1. The maximum atomic E-state index is 12.7. The molecule has 1 N–H and O–H groups in total. The molecule has 0 aliphatic heterocycles. The Morgan fingerprint density at radius 3 is 2.85 bits per heavy atom. The first-order valence-corrected chi connectivity index (χ1v) is 9.06. The van der Waals surface area contributed by atoms with E-state index in [0.29, 0.717) is 12.2 Å². The number of imidazole rings is 1. The van der Waals surface area contributed by atoms with Crippen molar-refractivity contribution in [2.45, 2.75) is 19.5 Å². The molecule has 2 aromatic heterocycles. The number of carbonyl (C=O) groups excluding carboxylic acids is 1. The fraction of sp³-hybridized carbons (Fsp3) is 0.286. The number of aryl methyl sites for hydroxylation is 1. The highest BCUT2D eigenvalue weighted by Crippen LogP contribution is 2.23. The number of carbonyl (C=O) groups is 1. The molecule has 0 saturated carbocycles. The van der Waals surface area contributed by atoms with Crippen LogP contribution in [-0.4, -0.2) is 46.0 Å². The summed E-state index contributed by atoms with van der Waals surface area (Å²) in [6, 6.07) is 12.1. The van der Waals surface area contributed by atoms with Gasteiger partial charge in [0.1, 0.15) is 5.69 Å². The lowest BCUT2D eigenvalue weighted by atomic mass is 10.0. The molecule has 3 aromatic rings. The molecule has 0 radical (unpaired) electrons. The van der Waals surface area contributed by atoms with Crippen LogP contribution in [0.3, 0.4) is 0 Å². The van der Waals surface area contributed by atoms with Crippen molar-refractivity contribution in [2.75, 3.05) is 20.6 Å². The van der Waals surface area contributed by atoms with Gasteiger partial charge in [-0.3, -0.25) is 9.78 Å². The van der Waals surface area contributed by atoms with Crippen molar-refractivity contribution in [3.8, 4) is 11.1 Å². The molecule has 0 atom stereocenters. The lowest BCUT2D eigenvalue weighted by Gasteiger charge is -2.13. The molecule has 6 nitrogen and oxygen atoms in total. The minimum Gasteiger partial charge on any atom is -0.351 e. The summed E-state index contributed by atoms with van der Waals surface area (Å²) in [7, 11) is 4.08. The zero-order valence-electron chi connectivity index (χ0n) is 15.8. The highest BCUT2D eigenvalue weighted by Gasteiger charge is 2.14. The predicted molar refractivity (Wildman–Crippen MR) is 106 cm³/mol. The summed E-state index contributed by atoms with van der Waals surface area (Å²) in [5.41, 5.74) is 3.52. The monoisotopic (exact) mass is 363 g/mol. The number of pyridine rings is 1. The molecule has 140 valence electrons. The summed E-state index contributed by atoms with van der Waals surface area (Å²) in [4.78, 5) is 23.1. The molecule has 27 heavy (non-hydrogen) atoms. The van der Waals surface area contributed by atoms with E-state index < -0.39 is 0 Å². The highest BCUT2D eigenvalue weighted by molar-refractivity contribution is 5.98. The van der Waals surface area contributed by atoms with Crippen molar-refractivity contribution in [2.24, 2.45) is 0 Å². The minimum absolute atomic E-state index is 0.144. The Labute approximate surface area is 159 Å². The van der Waals surface area contributed by atoms with Gasteiger partial charge in [-0.05, 0) is 43.8 Å². The second-order valence-corrected chi connectivity index (χ2v) is 6.75. The van der Waals surface area contributed by atoms with Crippen LogP contribution in [0.1, 0.15) is 22.5 Å². The Kier molecular flexibility index (Phi) is 6.33. The predicted octanol–water partition coefficient (Wildman–Crippen LogP) is 2.83. The number of benzene rings is 1. The molecule has 0 bridgehead atoms. The van der Waals surface area contributed by atoms with Crippen molar-refractivity contribution in [3.63, 3.8) is 0 Å². The molecular formula is C21H25N5O. The van der Waals surface area contributed by atoms with Gasteiger partial charge < -0.3 is 14.8 Å². The van der Waals surface area contributed by atoms with E-state index in [-0.39, 0.29) is 5.91 Å². The van der Waals surface area contributed by atoms with Gasteiger partial charge in [0.15, 0.2) is 0 Å². The van der Waals surface area contributed by atoms with Gasteiger partial charge in [-0.2, -0.15) is 0 Å². The summed E-state index contributed by atoms with van der Waals surface area (Å²) < 4.78 is 1.99. The van der Waals surface area contributed by atoms with Gasteiger partial charge >= 0.3 is 0 Å². The molecule has 0 saturated heterocycles. The molecular weight excluding hydrogens is 338 g/mol. The number of amides is 1. The Morgan fingerprint density at radius 2 is 2.07 bits per heavy atom. The lowest BCUT2D eigenvalue weighted by Crippen LogP contribution is -2.26. The van der Waals surface area contributed by atoms with E-state index in [9.17, 15) is 4.79 Å². The van der Waals surface area contributed by atoms with Crippen LogP contribution in [0.5, 0.6) is 0 Å². The molecule has 3 rings (SSSR count). The van der Waals surface area contributed by atoms with E-state index >= 15 is 0 Å². The number of nitrogens with one attached hydrogen (secondary N) is 1. The van der Waals surface area contributed by atoms with Gasteiger partial charge in [-0.25, -0.2) is 4.98 Å². The van der Waals surface area contributed by atoms with Crippen LogP contribution in [0.15, 0.2) is 61.3 Å². The van der Waals surface area contributed by atoms with Gasteiger partial charge in [-0.15, -0.1) is 0 Å². The Hall–Kier alpha value is -2.99. The fourth-order valence-electron chi connectivity index (χ4n) is 2.99. The van der Waals surface area contributed by atoms with Crippen LogP contribution in [0.25, 0.3) is 11.1 Å². The molecule has 6 heteroatoms. The molecule has 0 spiro atoms. The molecule has 1 amide bonds. The average molecular weight is 363 g/mol. The topological polar surface area (TPSA) is 63.1 Å². The zero-order chi connectivity index (χ0) is 19.1. The summed E-state index contributed by atoms with van der Waals surface area (Å²) in [6.07, 6.45) is 7.94. The van der Waals surface area contributed by atoms with Crippen LogP contribution in [0, 0.1) is 0 Å². The molecule has 0 fully saturated rings.